The van der Waals surface area contributed by atoms with Crippen molar-refractivity contribution in [3.8, 4) is 0 Å². The average Bonchev–Trinajstić information content (AvgIpc) is 2.18. The fourth-order valence-corrected chi connectivity index (χ4v) is 2.29. The molecule has 0 aliphatic carbocycles. The molecule has 0 aromatic carbocycles. The Morgan fingerprint density at radius 1 is 1.65 bits per heavy atom. The maximum absolute atomic E-state index is 10.8. The fraction of sp³-hybridized carbons (Fsp3) is 0.500. The molecule has 0 atom stereocenters. The van der Waals surface area contributed by atoms with Crippen LogP contribution in [0.15, 0.2) is 10.7 Å². The van der Waals surface area contributed by atoms with E-state index in [1.54, 1.807) is 6.92 Å². The summed E-state index contributed by atoms with van der Waals surface area (Å²) in [6.07, 6.45) is 1.32. The summed E-state index contributed by atoms with van der Waals surface area (Å²) in [6.45, 7) is 3.56. The van der Waals surface area contributed by atoms with Gasteiger partial charge in [0.2, 0.25) is 0 Å². The molecule has 0 amide bonds. The molecule has 1 aliphatic rings. The molecular weight excluding hydrogens is 288 g/mol. The Hall–Kier alpha value is -1.21. The van der Waals surface area contributed by atoms with Crippen molar-refractivity contribution in [3.63, 3.8) is 0 Å². The van der Waals surface area contributed by atoms with Crippen molar-refractivity contribution in [1.82, 2.24) is 10.3 Å². The highest BCUT2D eigenvalue weighted by Gasteiger charge is 2.26. The molecule has 0 radical (unpaired) electrons. The third-order valence-electron chi connectivity index (χ3n) is 3.06. The highest BCUT2D eigenvalue weighted by molar-refractivity contribution is 9.10. The van der Waals surface area contributed by atoms with Crippen molar-refractivity contribution >= 4 is 27.4 Å². The summed E-state index contributed by atoms with van der Waals surface area (Å²) < 4.78 is 0.695. The number of rotatable bonds is 3. The van der Waals surface area contributed by atoms with Crippen LogP contribution >= 0.6 is 15.9 Å². The molecule has 0 saturated carbocycles. The normalized spacial score (nSPS) is 15.5. The average molecular weight is 301 g/mol. The van der Waals surface area contributed by atoms with Gasteiger partial charge in [0, 0.05) is 25.7 Å². The highest BCUT2D eigenvalue weighted by atomic mass is 79.9. The smallest absolute Gasteiger partial charge is 0.291 e. The minimum Gasteiger partial charge on any atom is -0.353 e. The quantitative estimate of drug-likeness (QED) is 0.676. The molecule has 0 spiro atoms. The van der Waals surface area contributed by atoms with Gasteiger partial charge in [0.05, 0.1) is 15.4 Å². The van der Waals surface area contributed by atoms with Crippen LogP contribution in [0.5, 0.6) is 0 Å². The van der Waals surface area contributed by atoms with E-state index in [1.165, 1.54) is 6.20 Å². The predicted octanol–water partition coefficient (Wildman–Crippen LogP) is 1.47. The maximum Gasteiger partial charge on any atom is 0.291 e. The third kappa shape index (κ3) is 2.12. The molecule has 1 saturated heterocycles. The van der Waals surface area contributed by atoms with Crippen molar-refractivity contribution < 1.29 is 4.92 Å². The minimum absolute atomic E-state index is 0.0424. The molecule has 2 rings (SSSR count). The lowest BCUT2D eigenvalue weighted by Crippen LogP contribution is -2.56. The molecule has 1 fully saturated rings. The lowest BCUT2D eigenvalue weighted by molar-refractivity contribution is -0.385. The van der Waals surface area contributed by atoms with Crippen molar-refractivity contribution in [1.29, 1.82) is 0 Å². The number of nitrogens with zero attached hydrogens (tertiary/aromatic N) is 3. The zero-order valence-corrected chi connectivity index (χ0v) is 11.2. The van der Waals surface area contributed by atoms with Crippen molar-refractivity contribution in [2.75, 3.05) is 25.0 Å². The molecule has 1 aliphatic heterocycles. The first-order valence-corrected chi connectivity index (χ1v) is 6.04. The van der Waals surface area contributed by atoms with Crippen molar-refractivity contribution in [3.05, 3.63) is 26.3 Å². The Labute approximate surface area is 107 Å². The van der Waals surface area contributed by atoms with Crippen molar-refractivity contribution in [2.45, 2.75) is 13.0 Å². The maximum atomic E-state index is 10.8. The summed E-state index contributed by atoms with van der Waals surface area (Å²) >= 11 is 3.39. The van der Waals surface area contributed by atoms with Crippen molar-refractivity contribution in [2.24, 2.45) is 0 Å². The highest BCUT2D eigenvalue weighted by Crippen LogP contribution is 2.33. The summed E-state index contributed by atoms with van der Waals surface area (Å²) in [5.41, 5.74) is 0.653. The summed E-state index contributed by atoms with van der Waals surface area (Å²) in [4.78, 5) is 16.6. The van der Waals surface area contributed by atoms with Crippen LogP contribution in [0.2, 0.25) is 0 Å². The molecule has 2 heterocycles. The molecule has 1 aromatic rings. The molecule has 1 N–H and O–H groups in total. The standard InChI is InChI=1S/C10H13BrN4O2/c1-6-8(15(16)17)5-13-10(9(6)11)14(2)7-3-12-4-7/h5,7,12H,3-4H2,1-2H3. The summed E-state index contributed by atoms with van der Waals surface area (Å²) in [5.74, 6) is 0.750. The first kappa shape index (κ1) is 12.3. The molecule has 6 nitrogen and oxygen atoms in total. The topological polar surface area (TPSA) is 71.3 Å². The van der Waals surface area contributed by atoms with Gasteiger partial charge < -0.3 is 10.2 Å². The van der Waals surface area contributed by atoms with Crippen LogP contribution in [0, 0.1) is 17.0 Å². The summed E-state index contributed by atoms with van der Waals surface area (Å²) in [6, 6.07) is 0.402. The van der Waals surface area contributed by atoms with Gasteiger partial charge in [0.15, 0.2) is 0 Å². The van der Waals surface area contributed by atoms with E-state index in [4.69, 9.17) is 0 Å². The number of likely N-dealkylation sites (N-methyl/N-ethyl adjacent to an activating group) is 1. The van der Waals surface area contributed by atoms with Crippen LogP contribution in [0.25, 0.3) is 0 Å². The molecular formula is C10H13BrN4O2. The Morgan fingerprint density at radius 3 is 2.76 bits per heavy atom. The number of anilines is 1. The Kier molecular flexibility index (Phi) is 3.30. The van der Waals surface area contributed by atoms with E-state index in [9.17, 15) is 10.1 Å². The fourth-order valence-electron chi connectivity index (χ4n) is 1.71. The van der Waals surface area contributed by atoms with Gasteiger partial charge >= 0.3 is 0 Å². The second kappa shape index (κ2) is 4.58. The van der Waals surface area contributed by atoms with Crippen LogP contribution in [-0.4, -0.2) is 36.1 Å². The number of hydrogen-bond donors (Lipinski definition) is 1. The molecule has 0 bridgehead atoms. The Bertz CT molecular complexity index is 462. The van der Waals surface area contributed by atoms with Crippen LogP contribution in [0.3, 0.4) is 0 Å². The molecule has 1 aromatic heterocycles. The van der Waals surface area contributed by atoms with Crippen LogP contribution in [-0.2, 0) is 0 Å². The van der Waals surface area contributed by atoms with E-state index >= 15 is 0 Å². The van der Waals surface area contributed by atoms with Gasteiger partial charge in [-0.25, -0.2) is 4.98 Å². The minimum atomic E-state index is -0.415. The molecule has 17 heavy (non-hydrogen) atoms. The van der Waals surface area contributed by atoms with E-state index in [2.05, 4.69) is 26.2 Å². The number of nitrogens with one attached hydrogen (secondary N) is 1. The van der Waals surface area contributed by atoms with E-state index in [0.717, 1.165) is 18.9 Å². The number of nitro groups is 1. The largest absolute Gasteiger partial charge is 0.353 e. The zero-order valence-electron chi connectivity index (χ0n) is 9.61. The second-order valence-electron chi connectivity index (χ2n) is 4.09. The summed E-state index contributed by atoms with van der Waals surface area (Å²) in [7, 11) is 1.95. The molecule has 92 valence electrons. The number of hydrogen-bond acceptors (Lipinski definition) is 5. The van der Waals surface area contributed by atoms with Gasteiger partial charge in [0.25, 0.3) is 5.69 Å². The zero-order chi connectivity index (χ0) is 12.6. The van der Waals surface area contributed by atoms with E-state index in [-0.39, 0.29) is 5.69 Å². The van der Waals surface area contributed by atoms with Gasteiger partial charge in [-0.2, -0.15) is 0 Å². The van der Waals surface area contributed by atoms with Gasteiger partial charge in [-0.3, -0.25) is 10.1 Å². The van der Waals surface area contributed by atoms with Gasteiger partial charge in [-0.05, 0) is 22.9 Å². The predicted molar refractivity (Wildman–Crippen MR) is 68.4 cm³/mol. The second-order valence-corrected chi connectivity index (χ2v) is 4.88. The van der Waals surface area contributed by atoms with Crippen LogP contribution in [0.4, 0.5) is 11.5 Å². The summed E-state index contributed by atoms with van der Waals surface area (Å²) in [5, 5.41) is 14.0. The molecule has 7 heteroatoms. The Balaban J connectivity index is 2.36. The molecule has 0 unspecified atom stereocenters. The van der Waals surface area contributed by atoms with Gasteiger partial charge in [-0.15, -0.1) is 0 Å². The number of aromatic nitrogens is 1. The van der Waals surface area contributed by atoms with Gasteiger partial charge in [-0.1, -0.05) is 0 Å². The number of halogens is 1. The lowest BCUT2D eigenvalue weighted by atomic mass is 10.1. The van der Waals surface area contributed by atoms with Crippen LogP contribution in [0.1, 0.15) is 5.56 Å². The Morgan fingerprint density at radius 2 is 2.29 bits per heavy atom. The third-order valence-corrected chi connectivity index (χ3v) is 4.01. The van der Waals surface area contributed by atoms with E-state index < -0.39 is 4.92 Å². The van der Waals surface area contributed by atoms with Gasteiger partial charge in [0.1, 0.15) is 12.0 Å². The van der Waals surface area contributed by atoms with Crippen LogP contribution < -0.4 is 10.2 Å². The first-order valence-electron chi connectivity index (χ1n) is 5.25. The number of pyridine rings is 1. The first-order chi connectivity index (χ1) is 8.02. The van der Waals surface area contributed by atoms with E-state index in [0.29, 0.717) is 16.1 Å². The lowest BCUT2D eigenvalue weighted by Gasteiger charge is -2.36. The monoisotopic (exact) mass is 300 g/mol. The SMILES string of the molecule is Cc1c([N+](=O)[O-])cnc(N(C)C2CNC2)c1Br. The van der Waals surface area contributed by atoms with E-state index in [1.807, 2.05) is 11.9 Å².